The topological polar surface area (TPSA) is 17.1 Å². The Kier molecular flexibility index (Phi) is 2.85. The average Bonchev–Trinajstić information content (AvgIpc) is 1.88. The van der Waals surface area contributed by atoms with Crippen molar-refractivity contribution < 1.29 is 4.57 Å². The summed E-state index contributed by atoms with van der Waals surface area (Å²) in [5, 5.41) is 0. The van der Waals surface area contributed by atoms with Crippen LogP contribution in [0.2, 0.25) is 0 Å². The lowest BCUT2D eigenvalue weighted by Gasteiger charge is -1.85. The number of halogens is 1. The highest BCUT2D eigenvalue weighted by Gasteiger charge is 2.10. The SMILES string of the molecule is O=[P+](Cl)Cc1ccccc1. The summed E-state index contributed by atoms with van der Waals surface area (Å²) in [5.74, 6) is 0. The molecule has 1 nitrogen and oxygen atoms in total. The van der Waals surface area contributed by atoms with Crippen LogP contribution in [0.5, 0.6) is 0 Å². The van der Waals surface area contributed by atoms with Gasteiger partial charge in [0.25, 0.3) is 0 Å². The van der Waals surface area contributed by atoms with Crippen LogP contribution in [0.4, 0.5) is 0 Å². The molecular formula is C7H7ClOP+. The summed E-state index contributed by atoms with van der Waals surface area (Å²) in [6.07, 6.45) is 0.470. The predicted molar refractivity (Wildman–Crippen MR) is 43.6 cm³/mol. The van der Waals surface area contributed by atoms with Gasteiger partial charge in [-0.3, -0.25) is 0 Å². The predicted octanol–water partition coefficient (Wildman–Crippen LogP) is 3.17. The molecule has 1 aromatic carbocycles. The summed E-state index contributed by atoms with van der Waals surface area (Å²) in [6, 6.07) is 9.56. The minimum atomic E-state index is -1.55. The van der Waals surface area contributed by atoms with Gasteiger partial charge < -0.3 is 0 Å². The molecule has 1 aromatic rings. The van der Waals surface area contributed by atoms with Gasteiger partial charge >= 0.3 is 7.15 Å². The third-order valence-electron chi connectivity index (χ3n) is 1.15. The first kappa shape index (κ1) is 7.71. The normalized spacial score (nSPS) is 11.1. The van der Waals surface area contributed by atoms with Crippen molar-refractivity contribution >= 4 is 18.4 Å². The van der Waals surface area contributed by atoms with E-state index in [0.29, 0.717) is 6.16 Å². The molecule has 1 rings (SSSR count). The average molecular weight is 174 g/mol. The molecule has 0 heterocycles. The van der Waals surface area contributed by atoms with E-state index in [2.05, 4.69) is 0 Å². The summed E-state index contributed by atoms with van der Waals surface area (Å²) in [6.45, 7) is 0. The molecule has 3 heteroatoms. The number of rotatable bonds is 2. The lowest BCUT2D eigenvalue weighted by molar-refractivity contribution is 0.595. The van der Waals surface area contributed by atoms with Gasteiger partial charge in [-0.1, -0.05) is 34.9 Å². The molecule has 0 radical (unpaired) electrons. The van der Waals surface area contributed by atoms with Gasteiger partial charge in [0, 0.05) is 5.56 Å². The lowest BCUT2D eigenvalue weighted by Crippen LogP contribution is -1.73. The number of hydrogen-bond donors (Lipinski definition) is 0. The van der Waals surface area contributed by atoms with Crippen LogP contribution in [0.15, 0.2) is 30.3 Å². The van der Waals surface area contributed by atoms with Crippen LogP contribution in [0.1, 0.15) is 5.56 Å². The molecule has 52 valence electrons. The van der Waals surface area contributed by atoms with Crippen molar-refractivity contribution in [2.24, 2.45) is 0 Å². The summed E-state index contributed by atoms with van der Waals surface area (Å²) < 4.78 is 10.5. The number of benzene rings is 1. The van der Waals surface area contributed by atoms with E-state index in [-0.39, 0.29) is 0 Å². The zero-order valence-electron chi connectivity index (χ0n) is 5.33. The summed E-state index contributed by atoms with van der Waals surface area (Å²) in [4.78, 5) is 0. The zero-order chi connectivity index (χ0) is 7.40. The Morgan fingerprint density at radius 2 is 1.90 bits per heavy atom. The Balaban J connectivity index is 2.67. The first-order valence-corrected chi connectivity index (χ1v) is 5.28. The fourth-order valence-electron chi connectivity index (χ4n) is 0.727. The molecule has 10 heavy (non-hydrogen) atoms. The van der Waals surface area contributed by atoms with E-state index in [4.69, 9.17) is 11.2 Å². The fourth-order valence-corrected chi connectivity index (χ4v) is 1.64. The highest BCUT2D eigenvalue weighted by atomic mass is 35.7. The van der Waals surface area contributed by atoms with E-state index in [1.165, 1.54) is 0 Å². The molecule has 0 aromatic heterocycles. The molecule has 0 saturated heterocycles. The molecule has 1 unspecified atom stereocenters. The first-order chi connectivity index (χ1) is 4.79. The smallest absolute Gasteiger partial charge is 0.0622 e. The van der Waals surface area contributed by atoms with Gasteiger partial charge in [0.05, 0.1) is 0 Å². The quantitative estimate of drug-likeness (QED) is 0.628. The third-order valence-corrected chi connectivity index (χ3v) is 2.12. The van der Waals surface area contributed by atoms with Crippen molar-refractivity contribution in [1.82, 2.24) is 0 Å². The molecule has 0 N–H and O–H groups in total. The van der Waals surface area contributed by atoms with Gasteiger partial charge in [-0.05, 0) is 0 Å². The van der Waals surface area contributed by atoms with Crippen molar-refractivity contribution in [3.05, 3.63) is 35.9 Å². The Morgan fingerprint density at radius 3 is 2.40 bits per heavy atom. The van der Waals surface area contributed by atoms with E-state index in [1.807, 2.05) is 30.3 Å². The van der Waals surface area contributed by atoms with Gasteiger partial charge in [0.15, 0.2) is 6.16 Å². The van der Waals surface area contributed by atoms with Crippen LogP contribution in [0.25, 0.3) is 0 Å². The third kappa shape index (κ3) is 2.47. The minimum absolute atomic E-state index is 0.470. The van der Waals surface area contributed by atoms with Gasteiger partial charge in [-0.25, -0.2) is 0 Å². The van der Waals surface area contributed by atoms with E-state index < -0.39 is 7.15 Å². The van der Waals surface area contributed by atoms with Gasteiger partial charge in [-0.2, -0.15) is 0 Å². The second-order valence-electron chi connectivity index (χ2n) is 1.96. The molecular weight excluding hydrogens is 167 g/mol. The van der Waals surface area contributed by atoms with Crippen LogP contribution in [-0.2, 0) is 10.7 Å². The molecule has 0 aliphatic carbocycles. The fraction of sp³-hybridized carbons (Fsp3) is 0.143. The Morgan fingerprint density at radius 1 is 1.30 bits per heavy atom. The maximum Gasteiger partial charge on any atom is 0.459 e. The second kappa shape index (κ2) is 3.70. The highest BCUT2D eigenvalue weighted by Crippen LogP contribution is 2.30. The van der Waals surface area contributed by atoms with Crippen LogP contribution < -0.4 is 0 Å². The van der Waals surface area contributed by atoms with Crippen LogP contribution in [0, 0.1) is 0 Å². The van der Waals surface area contributed by atoms with Gasteiger partial charge in [-0.15, -0.1) is 0 Å². The van der Waals surface area contributed by atoms with Crippen LogP contribution >= 0.6 is 18.4 Å². The van der Waals surface area contributed by atoms with Gasteiger partial charge in [0.2, 0.25) is 11.2 Å². The Hall–Kier alpha value is -0.390. The molecule has 0 amide bonds. The maximum atomic E-state index is 10.5. The van der Waals surface area contributed by atoms with Crippen molar-refractivity contribution in [2.45, 2.75) is 6.16 Å². The molecule has 0 aliphatic rings. The maximum absolute atomic E-state index is 10.5. The summed E-state index contributed by atoms with van der Waals surface area (Å²) >= 11 is 5.32. The standard InChI is InChI=1S/C7H7ClOP/c8-10(9)6-7-4-2-1-3-5-7/h1-5H,6H2/q+1. The summed E-state index contributed by atoms with van der Waals surface area (Å²) in [7, 11) is -1.55. The van der Waals surface area contributed by atoms with E-state index in [1.54, 1.807) is 0 Å². The highest BCUT2D eigenvalue weighted by molar-refractivity contribution is 7.73. The van der Waals surface area contributed by atoms with E-state index >= 15 is 0 Å². The van der Waals surface area contributed by atoms with E-state index in [0.717, 1.165) is 5.56 Å². The van der Waals surface area contributed by atoms with Crippen molar-refractivity contribution in [3.63, 3.8) is 0 Å². The van der Waals surface area contributed by atoms with Gasteiger partial charge in [0.1, 0.15) is 0 Å². The van der Waals surface area contributed by atoms with Crippen LogP contribution in [-0.4, -0.2) is 0 Å². The Labute approximate surface area is 65.6 Å². The molecule has 0 saturated carbocycles. The molecule has 0 spiro atoms. The van der Waals surface area contributed by atoms with Crippen LogP contribution in [0.3, 0.4) is 0 Å². The molecule has 0 fully saturated rings. The van der Waals surface area contributed by atoms with Crippen molar-refractivity contribution in [3.8, 4) is 0 Å². The van der Waals surface area contributed by atoms with Crippen molar-refractivity contribution in [1.29, 1.82) is 0 Å². The molecule has 1 atom stereocenters. The van der Waals surface area contributed by atoms with Crippen molar-refractivity contribution in [2.75, 3.05) is 0 Å². The molecule has 0 bridgehead atoms. The first-order valence-electron chi connectivity index (χ1n) is 2.93. The Bertz CT molecular complexity index is 222. The largest absolute Gasteiger partial charge is 0.459 e. The number of hydrogen-bond acceptors (Lipinski definition) is 1. The summed E-state index contributed by atoms with van der Waals surface area (Å²) in [5.41, 5.74) is 1.03. The monoisotopic (exact) mass is 173 g/mol. The minimum Gasteiger partial charge on any atom is -0.0622 e. The van der Waals surface area contributed by atoms with E-state index in [9.17, 15) is 4.57 Å². The zero-order valence-corrected chi connectivity index (χ0v) is 6.98. The second-order valence-corrected chi connectivity index (χ2v) is 4.04. The molecule has 0 aliphatic heterocycles. The lowest BCUT2D eigenvalue weighted by atomic mass is 10.2.